The normalized spacial score (nSPS) is 18.1. The Kier molecular flexibility index (Phi) is 2.62. The third kappa shape index (κ3) is 1.82. The van der Waals surface area contributed by atoms with E-state index in [1.165, 1.54) is 4.68 Å². The molecular weight excluding hydrogens is 242 g/mol. The summed E-state index contributed by atoms with van der Waals surface area (Å²) < 4.78 is 7.07. The topological polar surface area (TPSA) is 56.5 Å². The van der Waals surface area contributed by atoms with Crippen LogP contribution in [0.4, 0.5) is 0 Å². The fourth-order valence-corrected chi connectivity index (χ4v) is 2.26. The summed E-state index contributed by atoms with van der Waals surface area (Å²) in [4.78, 5) is 17.0. The SMILES string of the molecule is CC1=Nn2c(nc3ccccc3c2=O)[C@H](C(C)C)O1. The maximum atomic E-state index is 12.4. The van der Waals surface area contributed by atoms with Crippen LogP contribution in [0.5, 0.6) is 0 Å². The van der Waals surface area contributed by atoms with E-state index < -0.39 is 0 Å². The quantitative estimate of drug-likeness (QED) is 0.787. The monoisotopic (exact) mass is 257 g/mol. The third-order valence-corrected chi connectivity index (χ3v) is 3.18. The summed E-state index contributed by atoms with van der Waals surface area (Å²) in [7, 11) is 0. The highest BCUT2D eigenvalue weighted by Crippen LogP contribution is 2.27. The number of benzene rings is 1. The van der Waals surface area contributed by atoms with Gasteiger partial charge in [-0.05, 0) is 18.1 Å². The van der Waals surface area contributed by atoms with E-state index in [4.69, 9.17) is 4.74 Å². The number of rotatable bonds is 1. The van der Waals surface area contributed by atoms with Gasteiger partial charge in [-0.1, -0.05) is 26.0 Å². The minimum absolute atomic E-state index is 0.145. The molecular formula is C14H15N3O2. The van der Waals surface area contributed by atoms with Crippen LogP contribution in [0.25, 0.3) is 10.9 Å². The number of fused-ring (bicyclic) bond motifs is 2. The van der Waals surface area contributed by atoms with E-state index in [-0.39, 0.29) is 17.6 Å². The number of ether oxygens (including phenoxy) is 1. The van der Waals surface area contributed by atoms with Crippen molar-refractivity contribution in [1.29, 1.82) is 0 Å². The van der Waals surface area contributed by atoms with Gasteiger partial charge in [0.15, 0.2) is 11.9 Å². The lowest BCUT2D eigenvalue weighted by atomic mass is 10.1. The Labute approximate surface area is 110 Å². The Hall–Kier alpha value is -2.17. The fourth-order valence-electron chi connectivity index (χ4n) is 2.26. The molecule has 19 heavy (non-hydrogen) atoms. The largest absolute Gasteiger partial charge is 0.468 e. The summed E-state index contributed by atoms with van der Waals surface area (Å²) in [5.74, 6) is 1.28. The standard InChI is InChI=1S/C14H15N3O2/c1-8(2)12-13-15-11-7-5-4-6-10(11)14(18)17(13)16-9(3)19-12/h4-8,12H,1-3H3/t12-/m0/s1. The zero-order chi connectivity index (χ0) is 13.6. The van der Waals surface area contributed by atoms with Gasteiger partial charge in [0.05, 0.1) is 10.9 Å². The first kappa shape index (κ1) is 11.9. The molecule has 0 bridgehead atoms. The highest BCUT2D eigenvalue weighted by Gasteiger charge is 2.28. The highest BCUT2D eigenvalue weighted by molar-refractivity contribution is 5.78. The fraction of sp³-hybridized carbons (Fsp3) is 0.357. The molecule has 5 heteroatoms. The van der Waals surface area contributed by atoms with Gasteiger partial charge in [-0.3, -0.25) is 4.79 Å². The van der Waals surface area contributed by atoms with Crippen molar-refractivity contribution in [2.24, 2.45) is 11.0 Å². The molecule has 1 aliphatic heterocycles. The maximum Gasteiger partial charge on any atom is 0.282 e. The van der Waals surface area contributed by atoms with Crippen molar-refractivity contribution in [2.45, 2.75) is 26.9 Å². The van der Waals surface area contributed by atoms with Crippen molar-refractivity contribution in [3.05, 3.63) is 40.4 Å². The van der Waals surface area contributed by atoms with E-state index in [0.29, 0.717) is 22.6 Å². The molecule has 0 saturated carbocycles. The smallest absolute Gasteiger partial charge is 0.282 e. The predicted octanol–water partition coefficient (Wildman–Crippen LogP) is 2.31. The average Bonchev–Trinajstić information content (AvgIpc) is 2.39. The van der Waals surface area contributed by atoms with E-state index in [9.17, 15) is 4.79 Å². The molecule has 0 spiro atoms. The van der Waals surface area contributed by atoms with Gasteiger partial charge in [0.2, 0.25) is 5.90 Å². The Bertz CT molecular complexity index is 731. The van der Waals surface area contributed by atoms with Crippen LogP contribution >= 0.6 is 0 Å². The molecule has 1 aliphatic rings. The van der Waals surface area contributed by atoms with E-state index in [1.54, 1.807) is 13.0 Å². The first-order valence-corrected chi connectivity index (χ1v) is 6.32. The molecule has 1 aromatic carbocycles. The number of aromatic nitrogens is 2. The van der Waals surface area contributed by atoms with Gasteiger partial charge in [-0.15, -0.1) is 5.10 Å². The first-order chi connectivity index (χ1) is 9.08. The zero-order valence-corrected chi connectivity index (χ0v) is 11.1. The number of nitrogens with zero attached hydrogens (tertiary/aromatic N) is 3. The summed E-state index contributed by atoms with van der Waals surface area (Å²) in [6, 6.07) is 7.30. The summed E-state index contributed by atoms with van der Waals surface area (Å²) in [6.07, 6.45) is -0.241. The predicted molar refractivity (Wildman–Crippen MR) is 73.2 cm³/mol. The molecule has 0 N–H and O–H groups in total. The van der Waals surface area contributed by atoms with Crippen molar-refractivity contribution >= 4 is 16.8 Å². The lowest BCUT2D eigenvalue weighted by molar-refractivity contribution is 0.113. The van der Waals surface area contributed by atoms with Crippen molar-refractivity contribution in [2.75, 3.05) is 0 Å². The minimum atomic E-state index is -0.241. The van der Waals surface area contributed by atoms with E-state index >= 15 is 0 Å². The Balaban J connectivity index is 2.37. The van der Waals surface area contributed by atoms with Gasteiger partial charge in [0, 0.05) is 6.92 Å². The number of para-hydroxylation sites is 1. The van der Waals surface area contributed by atoms with Crippen LogP contribution in [0.2, 0.25) is 0 Å². The second-order valence-electron chi connectivity index (χ2n) is 5.01. The van der Waals surface area contributed by atoms with Crippen molar-refractivity contribution < 1.29 is 4.74 Å². The molecule has 1 atom stereocenters. The van der Waals surface area contributed by atoms with Gasteiger partial charge in [-0.25, -0.2) is 4.98 Å². The van der Waals surface area contributed by atoms with E-state index in [2.05, 4.69) is 10.1 Å². The molecule has 0 aliphatic carbocycles. The van der Waals surface area contributed by atoms with Crippen LogP contribution in [0, 0.1) is 5.92 Å². The molecule has 0 fully saturated rings. The van der Waals surface area contributed by atoms with Crippen LogP contribution < -0.4 is 5.56 Å². The molecule has 3 rings (SSSR count). The van der Waals surface area contributed by atoms with Gasteiger partial charge >= 0.3 is 0 Å². The molecule has 98 valence electrons. The summed E-state index contributed by atoms with van der Waals surface area (Å²) in [5.41, 5.74) is 0.539. The molecule has 0 radical (unpaired) electrons. The second-order valence-corrected chi connectivity index (χ2v) is 5.01. The molecule has 0 unspecified atom stereocenters. The minimum Gasteiger partial charge on any atom is -0.468 e. The average molecular weight is 257 g/mol. The van der Waals surface area contributed by atoms with Crippen molar-refractivity contribution in [1.82, 2.24) is 9.66 Å². The summed E-state index contributed by atoms with van der Waals surface area (Å²) in [5, 5.41) is 4.74. The molecule has 2 heterocycles. The Morgan fingerprint density at radius 1 is 1.32 bits per heavy atom. The summed E-state index contributed by atoms with van der Waals surface area (Å²) >= 11 is 0. The van der Waals surface area contributed by atoms with Gasteiger partial charge < -0.3 is 4.74 Å². The Morgan fingerprint density at radius 3 is 2.79 bits per heavy atom. The van der Waals surface area contributed by atoms with Crippen LogP contribution in [-0.4, -0.2) is 15.6 Å². The first-order valence-electron chi connectivity index (χ1n) is 6.32. The third-order valence-electron chi connectivity index (χ3n) is 3.18. The zero-order valence-electron chi connectivity index (χ0n) is 11.1. The van der Waals surface area contributed by atoms with Crippen molar-refractivity contribution in [3.63, 3.8) is 0 Å². The maximum absolute atomic E-state index is 12.4. The lowest BCUT2D eigenvalue weighted by Crippen LogP contribution is -2.32. The molecule has 0 saturated heterocycles. The molecule has 1 aromatic heterocycles. The van der Waals surface area contributed by atoms with E-state index in [0.717, 1.165) is 0 Å². The molecule has 2 aromatic rings. The number of hydrogen-bond donors (Lipinski definition) is 0. The molecule has 0 amide bonds. The van der Waals surface area contributed by atoms with Gasteiger partial charge in [-0.2, -0.15) is 4.68 Å². The van der Waals surface area contributed by atoms with E-state index in [1.807, 2.05) is 32.0 Å². The van der Waals surface area contributed by atoms with Gasteiger partial charge in [0.1, 0.15) is 0 Å². The van der Waals surface area contributed by atoms with Gasteiger partial charge in [0.25, 0.3) is 5.56 Å². The Morgan fingerprint density at radius 2 is 2.05 bits per heavy atom. The van der Waals surface area contributed by atoms with Crippen LogP contribution in [0.3, 0.4) is 0 Å². The van der Waals surface area contributed by atoms with Crippen LogP contribution in [0.15, 0.2) is 34.2 Å². The van der Waals surface area contributed by atoms with Crippen LogP contribution in [-0.2, 0) is 4.74 Å². The molecule has 5 nitrogen and oxygen atoms in total. The van der Waals surface area contributed by atoms with Crippen LogP contribution in [0.1, 0.15) is 32.7 Å². The second kappa shape index (κ2) is 4.19. The number of hydrogen-bond acceptors (Lipinski definition) is 4. The lowest BCUT2D eigenvalue weighted by Gasteiger charge is -2.27. The highest BCUT2D eigenvalue weighted by atomic mass is 16.5. The van der Waals surface area contributed by atoms with Crippen molar-refractivity contribution in [3.8, 4) is 0 Å². The summed E-state index contributed by atoms with van der Waals surface area (Å²) in [6.45, 7) is 5.82.